The van der Waals surface area contributed by atoms with Crippen LogP contribution in [0.4, 0.5) is 5.69 Å². The van der Waals surface area contributed by atoms with Gasteiger partial charge in [0.2, 0.25) is 0 Å². The van der Waals surface area contributed by atoms with Crippen LogP contribution >= 0.6 is 0 Å². The molecule has 0 saturated heterocycles. The van der Waals surface area contributed by atoms with Crippen LogP contribution in [0.3, 0.4) is 0 Å². The van der Waals surface area contributed by atoms with E-state index < -0.39 is 6.10 Å². The topological polar surface area (TPSA) is 62.5 Å². The first kappa shape index (κ1) is 15.8. The van der Waals surface area contributed by atoms with Gasteiger partial charge >= 0.3 is 0 Å². The number of furan rings is 1. The molecule has 1 aliphatic carbocycles. The summed E-state index contributed by atoms with van der Waals surface area (Å²) in [4.78, 5) is 12.5. The van der Waals surface area contributed by atoms with Gasteiger partial charge in [0.05, 0.1) is 6.10 Å². The van der Waals surface area contributed by atoms with E-state index in [1.807, 2.05) is 38.1 Å². The lowest BCUT2D eigenvalue weighted by Gasteiger charge is -2.31. The van der Waals surface area contributed by atoms with E-state index in [-0.39, 0.29) is 11.3 Å². The summed E-state index contributed by atoms with van der Waals surface area (Å²) in [5.74, 6) is 0.765. The van der Waals surface area contributed by atoms with Crippen LogP contribution < -0.4 is 5.32 Å². The number of aliphatic hydroxyl groups excluding tert-OH is 1. The zero-order valence-corrected chi connectivity index (χ0v) is 14.1. The lowest BCUT2D eigenvalue weighted by molar-refractivity contribution is 0.0910. The number of amides is 1. The lowest BCUT2D eigenvalue weighted by Crippen LogP contribution is -2.24. The Morgan fingerprint density at radius 2 is 2.09 bits per heavy atom. The molecule has 0 bridgehead atoms. The van der Waals surface area contributed by atoms with Crippen molar-refractivity contribution < 1.29 is 14.3 Å². The smallest absolute Gasteiger partial charge is 0.291 e. The number of benzene rings is 1. The van der Waals surface area contributed by atoms with Crippen LogP contribution in [0.5, 0.6) is 0 Å². The first-order chi connectivity index (χ1) is 10.8. The van der Waals surface area contributed by atoms with Crippen molar-refractivity contribution in [2.45, 2.75) is 46.6 Å². The van der Waals surface area contributed by atoms with Gasteiger partial charge in [-0.05, 0) is 43.4 Å². The van der Waals surface area contributed by atoms with E-state index in [0.29, 0.717) is 12.2 Å². The van der Waals surface area contributed by atoms with Crippen LogP contribution in [0.1, 0.15) is 59.4 Å². The van der Waals surface area contributed by atoms with Gasteiger partial charge in [0.25, 0.3) is 5.91 Å². The van der Waals surface area contributed by atoms with Gasteiger partial charge in [0, 0.05) is 23.2 Å². The molecule has 1 unspecified atom stereocenters. The number of rotatable bonds is 2. The predicted octanol–water partition coefficient (Wildman–Crippen LogP) is 4.15. The first-order valence-electron chi connectivity index (χ1n) is 7.95. The third-order valence-electron chi connectivity index (χ3n) is 4.47. The second-order valence-corrected chi connectivity index (χ2v) is 7.28. The van der Waals surface area contributed by atoms with Crippen molar-refractivity contribution >= 4 is 11.6 Å². The Bertz CT molecular complexity index is 758. The molecule has 2 N–H and O–H groups in total. The summed E-state index contributed by atoms with van der Waals surface area (Å²) in [6.07, 6.45) is 0.843. The number of anilines is 1. The number of carbonyl (C=O) groups excluding carboxylic acids is 1. The highest BCUT2D eigenvalue weighted by molar-refractivity contribution is 6.03. The van der Waals surface area contributed by atoms with Crippen LogP contribution in [-0.2, 0) is 6.42 Å². The molecule has 4 nitrogen and oxygen atoms in total. The fraction of sp³-hybridized carbons (Fsp3) is 0.421. The minimum atomic E-state index is -0.571. The second-order valence-electron chi connectivity index (χ2n) is 7.28. The number of nitrogens with one attached hydrogen (secondary N) is 1. The highest BCUT2D eigenvalue weighted by atomic mass is 16.4. The maximum absolute atomic E-state index is 12.5. The Morgan fingerprint density at radius 3 is 2.78 bits per heavy atom. The van der Waals surface area contributed by atoms with Crippen LogP contribution in [0.2, 0.25) is 0 Å². The van der Waals surface area contributed by atoms with Gasteiger partial charge in [-0.25, -0.2) is 0 Å². The maximum atomic E-state index is 12.5. The lowest BCUT2D eigenvalue weighted by atomic mass is 9.75. The van der Waals surface area contributed by atoms with Crippen molar-refractivity contribution in [2.75, 3.05) is 5.32 Å². The van der Waals surface area contributed by atoms with Crippen molar-refractivity contribution in [3.63, 3.8) is 0 Å². The number of aliphatic hydroxyl groups is 1. The third-order valence-corrected chi connectivity index (χ3v) is 4.47. The molecule has 0 fully saturated rings. The average Bonchev–Trinajstić information content (AvgIpc) is 2.74. The van der Waals surface area contributed by atoms with E-state index in [0.717, 1.165) is 34.6 Å². The molecular weight excluding hydrogens is 290 g/mol. The predicted molar refractivity (Wildman–Crippen MR) is 89.6 cm³/mol. The van der Waals surface area contributed by atoms with E-state index in [2.05, 4.69) is 19.2 Å². The van der Waals surface area contributed by atoms with Gasteiger partial charge in [-0.1, -0.05) is 26.0 Å². The summed E-state index contributed by atoms with van der Waals surface area (Å²) in [5.41, 5.74) is 3.33. The van der Waals surface area contributed by atoms with E-state index in [1.54, 1.807) is 0 Å². The number of aryl methyl sites for hydroxylation is 1. The van der Waals surface area contributed by atoms with Gasteiger partial charge in [-0.15, -0.1) is 0 Å². The Hall–Kier alpha value is -2.07. The summed E-state index contributed by atoms with van der Waals surface area (Å²) in [6.45, 7) is 8.02. The molecule has 1 aromatic carbocycles. The molecule has 0 radical (unpaired) electrons. The van der Waals surface area contributed by atoms with Gasteiger partial charge in [0.15, 0.2) is 5.76 Å². The average molecular weight is 313 g/mol. The molecule has 1 heterocycles. The highest BCUT2D eigenvalue weighted by Crippen LogP contribution is 2.44. The van der Waals surface area contributed by atoms with Crippen LogP contribution in [0, 0.1) is 19.3 Å². The molecule has 1 amide bonds. The highest BCUT2D eigenvalue weighted by Gasteiger charge is 2.37. The Kier molecular flexibility index (Phi) is 3.80. The van der Waals surface area contributed by atoms with E-state index in [4.69, 9.17) is 4.42 Å². The monoisotopic (exact) mass is 313 g/mol. The van der Waals surface area contributed by atoms with Crippen molar-refractivity contribution in [2.24, 2.45) is 5.41 Å². The Morgan fingerprint density at radius 1 is 1.35 bits per heavy atom. The molecular formula is C19H23NO3. The van der Waals surface area contributed by atoms with E-state index >= 15 is 0 Å². The minimum Gasteiger partial charge on any atom is -0.455 e. The van der Waals surface area contributed by atoms with Crippen molar-refractivity contribution in [3.05, 3.63) is 52.5 Å². The summed E-state index contributed by atoms with van der Waals surface area (Å²) in [5, 5.41) is 13.3. The minimum absolute atomic E-state index is 0.0268. The van der Waals surface area contributed by atoms with Crippen LogP contribution in [0.25, 0.3) is 0 Å². The molecule has 3 rings (SSSR count). The van der Waals surface area contributed by atoms with E-state index in [9.17, 15) is 9.90 Å². The summed E-state index contributed by atoms with van der Waals surface area (Å²) >= 11 is 0. The molecule has 1 atom stereocenters. The molecule has 0 aliphatic heterocycles. The van der Waals surface area contributed by atoms with Gasteiger partial charge < -0.3 is 14.8 Å². The largest absolute Gasteiger partial charge is 0.455 e. The van der Waals surface area contributed by atoms with Crippen molar-refractivity contribution in [3.8, 4) is 0 Å². The molecule has 1 aromatic heterocycles. The normalized spacial score (nSPS) is 19.3. The molecule has 23 heavy (non-hydrogen) atoms. The number of hydrogen-bond acceptors (Lipinski definition) is 3. The van der Waals surface area contributed by atoms with E-state index in [1.165, 1.54) is 0 Å². The number of fused-ring (bicyclic) bond motifs is 1. The van der Waals surface area contributed by atoms with Crippen molar-refractivity contribution in [1.29, 1.82) is 0 Å². The summed E-state index contributed by atoms with van der Waals surface area (Å²) in [6, 6.07) is 7.64. The maximum Gasteiger partial charge on any atom is 0.291 e. The van der Waals surface area contributed by atoms with Gasteiger partial charge in [-0.3, -0.25) is 4.79 Å². The van der Waals surface area contributed by atoms with Gasteiger partial charge in [0.1, 0.15) is 5.76 Å². The molecule has 122 valence electrons. The zero-order chi connectivity index (χ0) is 16.8. The summed E-state index contributed by atoms with van der Waals surface area (Å²) < 4.78 is 5.84. The third kappa shape index (κ3) is 3.04. The summed E-state index contributed by atoms with van der Waals surface area (Å²) in [7, 11) is 0. The van der Waals surface area contributed by atoms with Crippen LogP contribution in [-0.4, -0.2) is 11.0 Å². The molecule has 2 aromatic rings. The fourth-order valence-corrected chi connectivity index (χ4v) is 3.41. The van der Waals surface area contributed by atoms with Crippen molar-refractivity contribution in [1.82, 2.24) is 0 Å². The standard InChI is InChI=1S/C19H23NO3/c1-11-6-5-7-13(8-11)20-18(22)17-12(2)16-14(21)9-19(3,4)10-15(16)23-17/h5-8,14,21H,9-10H2,1-4H3,(H,20,22). The quantitative estimate of drug-likeness (QED) is 0.875. The Balaban J connectivity index is 1.91. The van der Waals surface area contributed by atoms with Gasteiger partial charge in [-0.2, -0.15) is 0 Å². The second kappa shape index (κ2) is 5.53. The number of hydrogen-bond donors (Lipinski definition) is 2. The fourth-order valence-electron chi connectivity index (χ4n) is 3.41. The molecule has 4 heteroatoms. The zero-order valence-electron chi connectivity index (χ0n) is 14.1. The van der Waals surface area contributed by atoms with Crippen LogP contribution in [0.15, 0.2) is 28.7 Å². The SMILES string of the molecule is Cc1cccc(NC(=O)c2oc3c(c2C)C(O)CC(C)(C)C3)c1. The first-order valence-corrected chi connectivity index (χ1v) is 7.95. The molecule has 1 aliphatic rings. The number of carbonyl (C=O) groups is 1. The molecule has 0 spiro atoms. The Labute approximate surface area is 136 Å². The molecule has 0 saturated carbocycles.